The largest absolute Gasteiger partial charge is 0.507 e. The SMILES string of the molecule is Oc1ccccc1/C(=N\Nc1ccccc1)c1cnn(-c2ccccc2)c1. The molecule has 5 heteroatoms. The van der Waals surface area contributed by atoms with Crippen molar-refractivity contribution in [3.8, 4) is 11.4 Å². The summed E-state index contributed by atoms with van der Waals surface area (Å²) in [5.74, 6) is 0.165. The number of para-hydroxylation sites is 3. The maximum Gasteiger partial charge on any atom is 0.125 e. The molecule has 0 radical (unpaired) electrons. The number of hydrazone groups is 1. The lowest BCUT2D eigenvalue weighted by Crippen LogP contribution is -2.06. The molecule has 1 aromatic heterocycles. The highest BCUT2D eigenvalue weighted by atomic mass is 16.3. The fourth-order valence-electron chi connectivity index (χ4n) is 2.75. The van der Waals surface area contributed by atoms with Crippen LogP contribution in [0.1, 0.15) is 11.1 Å². The number of phenols is 1. The number of hydrogen-bond donors (Lipinski definition) is 2. The van der Waals surface area contributed by atoms with E-state index in [1.807, 2.05) is 79.0 Å². The van der Waals surface area contributed by atoms with Gasteiger partial charge in [-0.1, -0.05) is 48.5 Å². The molecule has 3 aromatic carbocycles. The molecule has 0 atom stereocenters. The number of nitrogens with one attached hydrogen (secondary N) is 1. The average Bonchev–Trinajstić information content (AvgIpc) is 3.21. The van der Waals surface area contributed by atoms with Gasteiger partial charge in [0.2, 0.25) is 0 Å². The van der Waals surface area contributed by atoms with Gasteiger partial charge in [0.15, 0.2) is 0 Å². The van der Waals surface area contributed by atoms with Crippen LogP contribution >= 0.6 is 0 Å². The van der Waals surface area contributed by atoms with Gasteiger partial charge in [-0.3, -0.25) is 5.43 Å². The summed E-state index contributed by atoms with van der Waals surface area (Å²) < 4.78 is 1.79. The molecular formula is C22H18N4O. The topological polar surface area (TPSA) is 62.4 Å². The quantitative estimate of drug-likeness (QED) is 0.411. The maximum atomic E-state index is 10.3. The molecule has 2 N–H and O–H groups in total. The first-order chi connectivity index (χ1) is 13.3. The van der Waals surface area contributed by atoms with Crippen molar-refractivity contribution in [1.29, 1.82) is 0 Å². The second-order valence-corrected chi connectivity index (χ2v) is 5.96. The van der Waals surface area contributed by atoms with Crippen LogP contribution in [0.2, 0.25) is 0 Å². The first-order valence-electron chi connectivity index (χ1n) is 8.59. The second kappa shape index (κ2) is 7.58. The summed E-state index contributed by atoms with van der Waals surface area (Å²) in [7, 11) is 0. The molecular weight excluding hydrogens is 336 g/mol. The smallest absolute Gasteiger partial charge is 0.125 e. The van der Waals surface area contributed by atoms with Crippen LogP contribution in [-0.2, 0) is 0 Å². The maximum absolute atomic E-state index is 10.3. The summed E-state index contributed by atoms with van der Waals surface area (Å²) in [6.45, 7) is 0. The summed E-state index contributed by atoms with van der Waals surface area (Å²) in [5, 5.41) is 19.3. The van der Waals surface area contributed by atoms with Gasteiger partial charge in [0, 0.05) is 17.3 Å². The summed E-state index contributed by atoms with van der Waals surface area (Å²) in [6, 6.07) is 26.7. The van der Waals surface area contributed by atoms with Gasteiger partial charge in [0.1, 0.15) is 11.5 Å². The van der Waals surface area contributed by atoms with Gasteiger partial charge in [0.05, 0.1) is 17.6 Å². The third-order valence-corrected chi connectivity index (χ3v) is 4.11. The Labute approximate surface area is 157 Å². The molecule has 0 unspecified atom stereocenters. The van der Waals surface area contributed by atoms with Crippen molar-refractivity contribution in [2.24, 2.45) is 5.10 Å². The summed E-state index contributed by atoms with van der Waals surface area (Å²) >= 11 is 0. The number of rotatable bonds is 5. The molecule has 5 nitrogen and oxygen atoms in total. The zero-order chi connectivity index (χ0) is 18.5. The third-order valence-electron chi connectivity index (χ3n) is 4.11. The zero-order valence-electron chi connectivity index (χ0n) is 14.5. The third kappa shape index (κ3) is 3.72. The van der Waals surface area contributed by atoms with Gasteiger partial charge in [-0.2, -0.15) is 10.2 Å². The molecule has 0 amide bonds. The Morgan fingerprint density at radius 1 is 0.852 bits per heavy atom. The van der Waals surface area contributed by atoms with Crippen molar-refractivity contribution >= 4 is 11.4 Å². The highest BCUT2D eigenvalue weighted by Crippen LogP contribution is 2.22. The lowest BCUT2D eigenvalue weighted by Gasteiger charge is -2.08. The molecule has 0 bridgehead atoms. The van der Waals surface area contributed by atoms with E-state index in [0.29, 0.717) is 11.3 Å². The number of nitrogens with zero attached hydrogens (tertiary/aromatic N) is 3. The fourth-order valence-corrected chi connectivity index (χ4v) is 2.75. The van der Waals surface area contributed by atoms with Gasteiger partial charge < -0.3 is 5.11 Å². The summed E-state index contributed by atoms with van der Waals surface area (Å²) in [6.07, 6.45) is 3.64. The molecule has 0 saturated carbocycles. The summed E-state index contributed by atoms with van der Waals surface area (Å²) in [4.78, 5) is 0. The van der Waals surface area contributed by atoms with Crippen LogP contribution in [0.4, 0.5) is 5.69 Å². The van der Waals surface area contributed by atoms with Gasteiger partial charge in [0.25, 0.3) is 0 Å². The van der Waals surface area contributed by atoms with E-state index in [0.717, 1.165) is 16.9 Å². The average molecular weight is 354 g/mol. The van der Waals surface area contributed by atoms with E-state index in [2.05, 4.69) is 15.6 Å². The van der Waals surface area contributed by atoms with E-state index in [1.165, 1.54) is 0 Å². The highest BCUT2D eigenvalue weighted by Gasteiger charge is 2.14. The minimum atomic E-state index is 0.165. The van der Waals surface area contributed by atoms with Crippen LogP contribution in [0.5, 0.6) is 5.75 Å². The molecule has 4 aromatic rings. The Kier molecular flexibility index (Phi) is 4.66. The summed E-state index contributed by atoms with van der Waals surface area (Å²) in [5.41, 5.74) is 6.91. The van der Waals surface area contributed by atoms with Crippen LogP contribution in [0.3, 0.4) is 0 Å². The van der Waals surface area contributed by atoms with Gasteiger partial charge in [-0.05, 0) is 36.4 Å². The Hall–Kier alpha value is -3.86. The van der Waals surface area contributed by atoms with Crippen molar-refractivity contribution in [2.75, 3.05) is 5.43 Å². The monoisotopic (exact) mass is 354 g/mol. The number of aromatic nitrogens is 2. The lowest BCUT2D eigenvalue weighted by molar-refractivity contribution is 0.474. The first kappa shape index (κ1) is 16.6. The second-order valence-electron chi connectivity index (χ2n) is 5.96. The number of hydrogen-bond acceptors (Lipinski definition) is 4. The van der Waals surface area contributed by atoms with E-state index < -0.39 is 0 Å². The predicted molar refractivity (Wildman–Crippen MR) is 107 cm³/mol. The van der Waals surface area contributed by atoms with Crippen LogP contribution in [0.25, 0.3) is 5.69 Å². The minimum absolute atomic E-state index is 0.165. The molecule has 4 rings (SSSR count). The van der Waals surface area contributed by atoms with Crippen molar-refractivity contribution < 1.29 is 5.11 Å². The normalized spacial score (nSPS) is 11.3. The first-order valence-corrected chi connectivity index (χ1v) is 8.59. The number of phenolic OH excluding ortho intramolecular Hbond substituents is 1. The Bertz CT molecular complexity index is 1060. The van der Waals surface area contributed by atoms with Crippen molar-refractivity contribution in [1.82, 2.24) is 9.78 Å². The van der Waals surface area contributed by atoms with Crippen LogP contribution in [0.15, 0.2) is 102 Å². The fraction of sp³-hybridized carbons (Fsp3) is 0. The van der Waals surface area contributed by atoms with E-state index >= 15 is 0 Å². The number of aromatic hydroxyl groups is 1. The van der Waals surface area contributed by atoms with E-state index in [9.17, 15) is 5.11 Å². The molecule has 0 saturated heterocycles. The van der Waals surface area contributed by atoms with Gasteiger partial charge >= 0.3 is 0 Å². The number of benzene rings is 3. The van der Waals surface area contributed by atoms with Gasteiger partial charge in [-0.25, -0.2) is 4.68 Å². The van der Waals surface area contributed by atoms with Crippen molar-refractivity contribution in [3.63, 3.8) is 0 Å². The van der Waals surface area contributed by atoms with E-state index in [-0.39, 0.29) is 5.75 Å². The highest BCUT2D eigenvalue weighted by molar-refractivity contribution is 6.14. The zero-order valence-corrected chi connectivity index (χ0v) is 14.5. The van der Waals surface area contributed by atoms with Crippen LogP contribution in [0, 0.1) is 0 Å². The molecule has 0 spiro atoms. The Balaban J connectivity index is 1.74. The molecule has 1 heterocycles. The van der Waals surface area contributed by atoms with E-state index in [4.69, 9.17) is 0 Å². The van der Waals surface area contributed by atoms with E-state index in [1.54, 1.807) is 23.0 Å². The number of anilines is 1. The minimum Gasteiger partial charge on any atom is -0.507 e. The Morgan fingerprint density at radius 2 is 1.52 bits per heavy atom. The lowest BCUT2D eigenvalue weighted by atomic mass is 10.0. The molecule has 0 aliphatic heterocycles. The molecule has 27 heavy (non-hydrogen) atoms. The van der Waals surface area contributed by atoms with Gasteiger partial charge in [-0.15, -0.1) is 0 Å². The molecule has 0 fully saturated rings. The molecule has 0 aliphatic carbocycles. The predicted octanol–water partition coefficient (Wildman–Crippen LogP) is 4.44. The van der Waals surface area contributed by atoms with Crippen molar-refractivity contribution in [2.45, 2.75) is 0 Å². The molecule has 132 valence electrons. The van der Waals surface area contributed by atoms with Crippen LogP contribution < -0.4 is 5.43 Å². The molecule has 0 aliphatic rings. The van der Waals surface area contributed by atoms with Crippen LogP contribution in [-0.4, -0.2) is 20.6 Å². The Morgan fingerprint density at radius 3 is 2.26 bits per heavy atom. The van der Waals surface area contributed by atoms with Crippen molar-refractivity contribution in [3.05, 3.63) is 108 Å². The standard InChI is InChI=1S/C22H18N4O/c27-21-14-8-7-13-20(21)22(25-24-18-9-3-1-4-10-18)17-15-23-26(16-17)19-11-5-2-6-12-19/h1-16,24,27H/b25-22-.